The van der Waals surface area contributed by atoms with E-state index in [-0.39, 0.29) is 18.1 Å². The van der Waals surface area contributed by atoms with Gasteiger partial charge < -0.3 is 10.1 Å². The minimum absolute atomic E-state index is 0.255. The van der Waals surface area contributed by atoms with E-state index in [4.69, 9.17) is 4.74 Å². The van der Waals surface area contributed by atoms with Crippen LogP contribution in [0.15, 0.2) is 28.7 Å². The smallest absolute Gasteiger partial charge is 0.343 e. The Kier molecular flexibility index (Phi) is 4.97. The number of hydrogen-bond acceptors (Lipinski definition) is 4. The maximum Gasteiger partial charge on any atom is 0.343 e. The Morgan fingerprint density at radius 3 is 2.68 bits per heavy atom. The highest BCUT2D eigenvalue weighted by Gasteiger charge is 2.23. The average Bonchev–Trinajstić information content (AvgIpc) is 2.74. The van der Waals surface area contributed by atoms with Gasteiger partial charge in [-0.25, -0.2) is 4.79 Å². The van der Waals surface area contributed by atoms with Gasteiger partial charge in [-0.3, -0.25) is 9.48 Å². The summed E-state index contributed by atoms with van der Waals surface area (Å²) in [5, 5.41) is 6.90. The van der Waals surface area contributed by atoms with Crippen LogP contribution in [-0.2, 0) is 11.8 Å². The first-order valence-electron chi connectivity index (χ1n) is 6.72. The standard InChI is InChI=1S/C15H16BrN3O3/c1-4-22-15(21)12-9(2)18-19(3)13(12)17-14(20)10-7-5-6-8-11(10)16/h5-8H,4H2,1-3H3,(H,17,20). The fraction of sp³-hybridized carbons (Fsp3) is 0.267. The molecule has 0 aliphatic heterocycles. The maximum absolute atomic E-state index is 12.4. The van der Waals surface area contributed by atoms with E-state index in [1.807, 2.05) is 6.07 Å². The molecule has 0 bridgehead atoms. The van der Waals surface area contributed by atoms with Crippen LogP contribution in [-0.4, -0.2) is 28.3 Å². The van der Waals surface area contributed by atoms with E-state index in [0.717, 1.165) is 0 Å². The Morgan fingerprint density at radius 1 is 1.36 bits per heavy atom. The summed E-state index contributed by atoms with van der Waals surface area (Å²) in [5.41, 5.74) is 1.24. The van der Waals surface area contributed by atoms with Crippen molar-refractivity contribution in [2.45, 2.75) is 13.8 Å². The molecule has 6 nitrogen and oxygen atoms in total. The normalized spacial score (nSPS) is 10.4. The van der Waals surface area contributed by atoms with Gasteiger partial charge >= 0.3 is 5.97 Å². The highest BCUT2D eigenvalue weighted by Crippen LogP contribution is 2.22. The van der Waals surface area contributed by atoms with E-state index in [1.54, 1.807) is 39.1 Å². The van der Waals surface area contributed by atoms with E-state index in [2.05, 4.69) is 26.3 Å². The number of carbonyl (C=O) groups is 2. The molecule has 0 spiro atoms. The molecule has 0 saturated carbocycles. The third-order valence-electron chi connectivity index (χ3n) is 3.05. The number of carbonyl (C=O) groups excluding carboxylic acids is 2. The van der Waals surface area contributed by atoms with Crippen LogP contribution >= 0.6 is 15.9 Å². The number of aryl methyl sites for hydroxylation is 2. The number of aromatic nitrogens is 2. The summed E-state index contributed by atoms with van der Waals surface area (Å²) in [6.45, 7) is 3.67. The molecule has 0 saturated heterocycles. The van der Waals surface area contributed by atoms with Crippen molar-refractivity contribution in [1.29, 1.82) is 0 Å². The number of benzene rings is 1. The third-order valence-corrected chi connectivity index (χ3v) is 3.74. The molecule has 0 radical (unpaired) electrons. The largest absolute Gasteiger partial charge is 0.462 e. The number of rotatable bonds is 4. The topological polar surface area (TPSA) is 73.2 Å². The van der Waals surface area contributed by atoms with Gasteiger partial charge in [-0.2, -0.15) is 5.10 Å². The van der Waals surface area contributed by atoms with Crippen LogP contribution < -0.4 is 5.32 Å². The first kappa shape index (κ1) is 16.2. The van der Waals surface area contributed by atoms with Crippen molar-refractivity contribution >= 4 is 33.6 Å². The first-order valence-corrected chi connectivity index (χ1v) is 7.51. The van der Waals surface area contributed by atoms with Crippen LogP contribution in [0.25, 0.3) is 0 Å². The molecule has 2 rings (SSSR count). The van der Waals surface area contributed by atoms with Crippen molar-refractivity contribution in [2.75, 3.05) is 11.9 Å². The van der Waals surface area contributed by atoms with Crippen LogP contribution in [0.4, 0.5) is 5.82 Å². The summed E-state index contributed by atoms with van der Waals surface area (Å²) >= 11 is 3.33. The van der Waals surface area contributed by atoms with Gasteiger partial charge in [0.05, 0.1) is 17.9 Å². The number of esters is 1. The van der Waals surface area contributed by atoms with E-state index in [9.17, 15) is 9.59 Å². The number of nitrogens with zero attached hydrogens (tertiary/aromatic N) is 2. The predicted octanol–water partition coefficient (Wildman–Crippen LogP) is 2.92. The third kappa shape index (κ3) is 3.19. The van der Waals surface area contributed by atoms with Crippen molar-refractivity contribution in [3.05, 3.63) is 45.6 Å². The molecule has 1 aromatic carbocycles. The van der Waals surface area contributed by atoms with Gasteiger partial charge in [0.15, 0.2) is 0 Å². The van der Waals surface area contributed by atoms with Crippen LogP contribution in [0.5, 0.6) is 0 Å². The molecule has 0 aliphatic carbocycles. The number of ether oxygens (including phenoxy) is 1. The van der Waals surface area contributed by atoms with Crippen LogP contribution in [0.1, 0.15) is 33.3 Å². The van der Waals surface area contributed by atoms with Crippen molar-refractivity contribution in [1.82, 2.24) is 9.78 Å². The zero-order chi connectivity index (χ0) is 16.3. The number of amides is 1. The van der Waals surface area contributed by atoms with Gasteiger partial charge in [0.1, 0.15) is 11.4 Å². The zero-order valence-corrected chi connectivity index (χ0v) is 14.1. The number of hydrogen-bond donors (Lipinski definition) is 1. The summed E-state index contributed by atoms with van der Waals surface area (Å²) in [6.07, 6.45) is 0. The van der Waals surface area contributed by atoms with E-state index in [1.165, 1.54) is 4.68 Å². The Hall–Kier alpha value is -2.15. The number of nitrogens with one attached hydrogen (secondary N) is 1. The quantitative estimate of drug-likeness (QED) is 0.845. The molecule has 1 heterocycles. The maximum atomic E-state index is 12.4. The molecule has 0 unspecified atom stereocenters. The molecule has 1 N–H and O–H groups in total. The Labute approximate surface area is 136 Å². The molecule has 22 heavy (non-hydrogen) atoms. The second kappa shape index (κ2) is 6.74. The van der Waals surface area contributed by atoms with Gasteiger partial charge in [-0.15, -0.1) is 0 Å². The van der Waals surface area contributed by atoms with E-state index in [0.29, 0.717) is 21.5 Å². The molecular formula is C15H16BrN3O3. The van der Waals surface area contributed by atoms with Crippen LogP contribution in [0.2, 0.25) is 0 Å². The summed E-state index contributed by atoms with van der Waals surface area (Å²) in [5.74, 6) is -0.520. The molecular weight excluding hydrogens is 350 g/mol. The highest BCUT2D eigenvalue weighted by atomic mass is 79.9. The van der Waals surface area contributed by atoms with Crippen LogP contribution in [0.3, 0.4) is 0 Å². The monoisotopic (exact) mass is 365 g/mol. The average molecular weight is 366 g/mol. The highest BCUT2D eigenvalue weighted by molar-refractivity contribution is 9.10. The molecule has 7 heteroatoms. The van der Waals surface area contributed by atoms with Crippen molar-refractivity contribution < 1.29 is 14.3 Å². The molecule has 2 aromatic rings. The number of anilines is 1. The minimum atomic E-state index is -0.504. The number of halogens is 1. The Bertz CT molecular complexity index is 725. The van der Waals surface area contributed by atoms with Crippen LogP contribution in [0, 0.1) is 6.92 Å². The lowest BCUT2D eigenvalue weighted by atomic mass is 10.2. The molecule has 1 amide bonds. The molecule has 1 aromatic heterocycles. The predicted molar refractivity (Wildman–Crippen MR) is 86.0 cm³/mol. The molecule has 116 valence electrons. The fourth-order valence-electron chi connectivity index (χ4n) is 2.07. The molecule has 0 atom stereocenters. The van der Waals surface area contributed by atoms with E-state index >= 15 is 0 Å². The lowest BCUT2D eigenvalue weighted by Crippen LogP contribution is -2.18. The second-order valence-corrected chi connectivity index (χ2v) is 5.44. The second-order valence-electron chi connectivity index (χ2n) is 4.59. The van der Waals surface area contributed by atoms with E-state index < -0.39 is 5.97 Å². The molecule has 0 aliphatic rings. The Morgan fingerprint density at radius 2 is 2.05 bits per heavy atom. The summed E-state index contributed by atoms with van der Waals surface area (Å²) in [7, 11) is 1.66. The van der Waals surface area contributed by atoms with Crippen molar-refractivity contribution in [3.63, 3.8) is 0 Å². The fourth-order valence-corrected chi connectivity index (χ4v) is 2.53. The lowest BCUT2D eigenvalue weighted by molar-refractivity contribution is 0.0526. The van der Waals surface area contributed by atoms with Crippen molar-refractivity contribution in [3.8, 4) is 0 Å². The minimum Gasteiger partial charge on any atom is -0.462 e. The Balaban J connectivity index is 2.36. The van der Waals surface area contributed by atoms with Crippen molar-refractivity contribution in [2.24, 2.45) is 7.05 Å². The summed E-state index contributed by atoms with van der Waals surface area (Å²) in [6, 6.07) is 7.04. The first-order chi connectivity index (χ1) is 10.5. The van der Waals surface area contributed by atoms with Gasteiger partial charge in [0.25, 0.3) is 5.91 Å². The van der Waals surface area contributed by atoms with Gasteiger partial charge in [-0.05, 0) is 41.9 Å². The van der Waals surface area contributed by atoms with Gasteiger partial charge in [0, 0.05) is 11.5 Å². The summed E-state index contributed by atoms with van der Waals surface area (Å²) in [4.78, 5) is 24.4. The van der Waals surface area contributed by atoms with Gasteiger partial charge in [0.2, 0.25) is 0 Å². The molecule has 0 fully saturated rings. The summed E-state index contributed by atoms with van der Waals surface area (Å²) < 4.78 is 7.15. The lowest BCUT2D eigenvalue weighted by Gasteiger charge is -2.09. The SMILES string of the molecule is CCOC(=O)c1c(C)nn(C)c1NC(=O)c1ccccc1Br. The zero-order valence-electron chi connectivity index (χ0n) is 12.5. The van der Waals surface area contributed by atoms with Gasteiger partial charge in [-0.1, -0.05) is 12.1 Å².